The minimum absolute atomic E-state index is 0.0918. The van der Waals surface area contributed by atoms with E-state index in [1.165, 1.54) is 6.92 Å². The molecule has 1 N–H and O–H groups in total. The maximum Gasteiger partial charge on any atom is 0.437 e. The number of hydrogen-bond donors (Lipinski definition) is 1. The molecule has 8 heteroatoms. The van der Waals surface area contributed by atoms with Crippen LogP contribution < -0.4 is 10.1 Å². The number of carbonyl (C=O) groups excluding carboxylic acids is 1. The topological polar surface area (TPSA) is 60.5 Å². The summed E-state index contributed by atoms with van der Waals surface area (Å²) in [5.41, 5.74) is -1.65. The lowest BCUT2D eigenvalue weighted by molar-refractivity contribution is -0.142. The average Bonchev–Trinajstić information content (AvgIpc) is 2.50. The quantitative estimate of drug-likeness (QED) is 0.717. The molecule has 1 rings (SSSR count). The molecule has 5 nitrogen and oxygen atoms in total. The Morgan fingerprint density at radius 1 is 1.12 bits per heavy atom. The van der Waals surface area contributed by atoms with Gasteiger partial charge < -0.3 is 9.47 Å². The maximum atomic E-state index is 12.8. The number of aromatic nitrogens is 1. The molecule has 0 atom stereocenters. The van der Waals surface area contributed by atoms with Crippen LogP contribution in [-0.2, 0) is 10.9 Å². The minimum atomic E-state index is -4.64. The minimum Gasteiger partial charge on any atom is -0.494 e. The smallest absolute Gasteiger partial charge is 0.437 e. The van der Waals surface area contributed by atoms with Crippen molar-refractivity contribution in [1.82, 2.24) is 4.98 Å². The second-order valence-corrected chi connectivity index (χ2v) is 5.30. The largest absolute Gasteiger partial charge is 0.494 e. The first-order chi connectivity index (χ1) is 11.5. The Kier molecular flexibility index (Phi) is 10.9. The van der Waals surface area contributed by atoms with Gasteiger partial charge in [-0.2, -0.15) is 13.2 Å². The molecule has 0 radical (unpaired) electrons. The molecule has 0 bridgehead atoms. The number of halogens is 3. The number of nitrogens with one attached hydrogen (secondary N) is 1. The Labute approximate surface area is 147 Å². The van der Waals surface area contributed by atoms with E-state index >= 15 is 0 Å². The third-order valence-corrected chi connectivity index (χ3v) is 2.39. The van der Waals surface area contributed by atoms with Crippen molar-refractivity contribution in [3.8, 4) is 5.75 Å². The molecule has 0 saturated carbocycles. The summed E-state index contributed by atoms with van der Waals surface area (Å²) in [5.74, 6) is -0.434. The predicted octanol–water partition coefficient (Wildman–Crippen LogP) is 5.82. The van der Waals surface area contributed by atoms with Crippen LogP contribution >= 0.6 is 0 Å². The van der Waals surface area contributed by atoms with E-state index < -0.39 is 29.3 Å². The molecular formula is C17H29F3N2O3. The summed E-state index contributed by atoms with van der Waals surface area (Å²) in [4.78, 5) is 14.9. The van der Waals surface area contributed by atoms with Crippen LogP contribution in [0.4, 0.5) is 23.7 Å². The van der Waals surface area contributed by atoms with Gasteiger partial charge in [-0.1, -0.05) is 27.7 Å². The van der Waals surface area contributed by atoms with Crippen LogP contribution in [0.2, 0.25) is 0 Å². The first-order valence-electron chi connectivity index (χ1n) is 8.06. The van der Waals surface area contributed by atoms with Crippen molar-refractivity contribution < 1.29 is 27.4 Å². The molecule has 1 heterocycles. The normalized spacial score (nSPS) is 10.6. The fourth-order valence-corrected chi connectivity index (χ4v) is 1.58. The lowest BCUT2D eigenvalue weighted by Gasteiger charge is -2.21. The third kappa shape index (κ3) is 8.60. The summed E-state index contributed by atoms with van der Waals surface area (Å²) in [6, 6.07) is 0. The molecule has 1 amide bonds. The second kappa shape index (κ2) is 10.8. The Balaban J connectivity index is 0. The highest BCUT2D eigenvalue weighted by Crippen LogP contribution is 2.38. The molecule has 146 valence electrons. The lowest BCUT2D eigenvalue weighted by atomic mass is 10.1. The van der Waals surface area contributed by atoms with Crippen molar-refractivity contribution >= 4 is 11.8 Å². The number of pyridine rings is 1. The third-order valence-electron chi connectivity index (χ3n) is 2.39. The van der Waals surface area contributed by atoms with Gasteiger partial charge in [0.05, 0.1) is 19.0 Å². The fraction of sp³-hybridized carbons (Fsp3) is 0.647. The highest BCUT2D eigenvalue weighted by molar-refractivity contribution is 5.86. The van der Waals surface area contributed by atoms with Gasteiger partial charge in [0, 0.05) is 5.56 Å². The van der Waals surface area contributed by atoms with Crippen LogP contribution in [0.5, 0.6) is 5.75 Å². The number of carbonyl (C=O) groups is 1. The zero-order chi connectivity index (χ0) is 20.4. The Morgan fingerprint density at radius 2 is 1.60 bits per heavy atom. The zero-order valence-corrected chi connectivity index (χ0v) is 16.4. The Bertz CT molecular complexity index is 539. The highest BCUT2D eigenvalue weighted by Gasteiger charge is 2.37. The summed E-state index contributed by atoms with van der Waals surface area (Å²) in [6.07, 6.45) is -4.50. The van der Waals surface area contributed by atoms with Crippen molar-refractivity contribution in [3.05, 3.63) is 17.5 Å². The van der Waals surface area contributed by atoms with Gasteiger partial charge in [0.1, 0.15) is 5.60 Å². The molecule has 0 aliphatic rings. The molecule has 0 saturated heterocycles. The standard InChI is InChI=1S/C13H17F3N2O3.2C2H6/c1-7-8(18-11(19)21-12(2,3)4)6-17-10(9(7)20-5)13(14,15)16;2*1-2/h6H,1-5H3,(H,18,19);2*1-2H3. The van der Waals surface area contributed by atoms with Crippen LogP contribution in [0.1, 0.15) is 59.7 Å². The molecule has 0 aliphatic carbocycles. The van der Waals surface area contributed by atoms with Crippen LogP contribution in [-0.4, -0.2) is 23.8 Å². The predicted molar refractivity (Wildman–Crippen MR) is 93.1 cm³/mol. The summed E-state index contributed by atoms with van der Waals surface area (Å²) >= 11 is 0. The van der Waals surface area contributed by atoms with Gasteiger partial charge in [-0.15, -0.1) is 0 Å². The second-order valence-electron chi connectivity index (χ2n) is 5.30. The molecule has 1 aromatic heterocycles. The van der Waals surface area contributed by atoms with Crippen molar-refractivity contribution in [2.45, 2.75) is 67.2 Å². The number of methoxy groups -OCH3 is 1. The van der Waals surface area contributed by atoms with Gasteiger partial charge in [0.25, 0.3) is 0 Å². The van der Waals surface area contributed by atoms with Crippen molar-refractivity contribution in [3.63, 3.8) is 0 Å². The van der Waals surface area contributed by atoms with E-state index in [4.69, 9.17) is 9.47 Å². The molecule has 0 aliphatic heterocycles. The SMILES string of the molecule is CC.CC.COc1c(C(F)(F)F)ncc(NC(=O)OC(C)(C)C)c1C. The number of alkyl halides is 3. The van der Waals surface area contributed by atoms with Crippen molar-refractivity contribution in [2.24, 2.45) is 0 Å². The van der Waals surface area contributed by atoms with E-state index in [-0.39, 0.29) is 11.3 Å². The van der Waals surface area contributed by atoms with Gasteiger partial charge in [-0.05, 0) is 27.7 Å². The number of anilines is 1. The molecule has 1 aromatic rings. The van der Waals surface area contributed by atoms with Crippen LogP contribution in [0.15, 0.2) is 6.20 Å². The van der Waals surface area contributed by atoms with Crippen LogP contribution in [0.25, 0.3) is 0 Å². The zero-order valence-electron chi connectivity index (χ0n) is 16.4. The molecule has 25 heavy (non-hydrogen) atoms. The van der Waals surface area contributed by atoms with E-state index in [0.29, 0.717) is 0 Å². The van der Waals surface area contributed by atoms with Crippen LogP contribution in [0.3, 0.4) is 0 Å². The van der Waals surface area contributed by atoms with E-state index in [9.17, 15) is 18.0 Å². The van der Waals surface area contributed by atoms with Crippen LogP contribution in [0, 0.1) is 6.92 Å². The van der Waals surface area contributed by atoms with E-state index in [1.54, 1.807) is 20.8 Å². The summed E-state index contributed by atoms with van der Waals surface area (Å²) in [5, 5.41) is 2.35. The summed E-state index contributed by atoms with van der Waals surface area (Å²) in [7, 11) is 1.11. The number of hydrogen-bond acceptors (Lipinski definition) is 4. The number of rotatable bonds is 2. The molecule has 0 unspecified atom stereocenters. The molecule has 0 fully saturated rings. The van der Waals surface area contributed by atoms with E-state index in [0.717, 1.165) is 13.3 Å². The monoisotopic (exact) mass is 366 g/mol. The van der Waals surface area contributed by atoms with E-state index in [2.05, 4.69) is 10.3 Å². The van der Waals surface area contributed by atoms with Gasteiger partial charge in [-0.25, -0.2) is 9.78 Å². The first kappa shape index (κ1) is 25.3. The first-order valence-corrected chi connectivity index (χ1v) is 8.06. The lowest BCUT2D eigenvalue weighted by Crippen LogP contribution is -2.27. The van der Waals surface area contributed by atoms with Gasteiger partial charge >= 0.3 is 12.3 Å². The van der Waals surface area contributed by atoms with Crippen molar-refractivity contribution in [2.75, 3.05) is 12.4 Å². The molecule has 0 aromatic carbocycles. The number of nitrogens with zero attached hydrogens (tertiary/aromatic N) is 1. The maximum absolute atomic E-state index is 12.8. The molecular weight excluding hydrogens is 337 g/mol. The van der Waals surface area contributed by atoms with Gasteiger partial charge in [-0.3, -0.25) is 5.32 Å². The van der Waals surface area contributed by atoms with Crippen molar-refractivity contribution in [1.29, 1.82) is 0 Å². The van der Waals surface area contributed by atoms with Gasteiger partial charge in [0.2, 0.25) is 0 Å². The Morgan fingerprint density at radius 3 is 1.96 bits per heavy atom. The summed E-state index contributed by atoms with van der Waals surface area (Å²) in [6.45, 7) is 14.4. The molecule has 0 spiro atoms. The average molecular weight is 366 g/mol. The number of amides is 1. The Hall–Kier alpha value is -1.99. The van der Waals surface area contributed by atoms with Gasteiger partial charge in [0.15, 0.2) is 11.4 Å². The van der Waals surface area contributed by atoms with E-state index in [1.807, 2.05) is 27.7 Å². The highest BCUT2D eigenvalue weighted by atomic mass is 19.4. The number of ether oxygens (including phenoxy) is 2. The fourth-order valence-electron chi connectivity index (χ4n) is 1.58. The summed E-state index contributed by atoms with van der Waals surface area (Å²) < 4.78 is 48.1.